The molecular weight excluding hydrogens is 349 g/mol. The van der Waals surface area contributed by atoms with Crippen LogP contribution in [0.3, 0.4) is 0 Å². The number of rotatable bonds is 6. The van der Waals surface area contributed by atoms with E-state index in [0.29, 0.717) is 8.47 Å². The minimum absolute atomic E-state index is 0.277. The lowest BCUT2D eigenvalue weighted by Gasteiger charge is -2.19. The van der Waals surface area contributed by atoms with Crippen molar-refractivity contribution in [3.05, 3.63) is 53.1 Å². The second kappa shape index (κ2) is 6.32. The van der Waals surface area contributed by atoms with Gasteiger partial charge in [0, 0.05) is 16.7 Å². The highest BCUT2D eigenvalue weighted by Crippen LogP contribution is 2.21. The summed E-state index contributed by atoms with van der Waals surface area (Å²) in [5.74, 6) is 0. The van der Waals surface area contributed by atoms with Crippen molar-refractivity contribution in [2.45, 2.75) is 4.90 Å². The average molecular weight is 363 g/mol. The van der Waals surface area contributed by atoms with E-state index in [-0.39, 0.29) is 13.1 Å². The third-order valence-electron chi connectivity index (χ3n) is 2.12. The Kier molecular flexibility index (Phi) is 5.35. The van der Waals surface area contributed by atoms with Crippen LogP contribution in [-0.2, 0) is 10.0 Å². The summed E-state index contributed by atoms with van der Waals surface area (Å²) in [6, 6.07) is 6.91. The number of hydrogen-bond acceptors (Lipinski definition) is 2. The molecule has 17 heavy (non-hydrogen) atoms. The van der Waals surface area contributed by atoms with E-state index >= 15 is 0 Å². The van der Waals surface area contributed by atoms with Gasteiger partial charge in [-0.2, -0.15) is 4.31 Å². The van der Waals surface area contributed by atoms with Gasteiger partial charge in [-0.05, 0) is 34.7 Å². The average Bonchev–Trinajstić information content (AvgIpc) is 2.29. The highest BCUT2D eigenvalue weighted by Gasteiger charge is 2.24. The summed E-state index contributed by atoms with van der Waals surface area (Å²) in [5.41, 5.74) is 0. The third kappa shape index (κ3) is 3.40. The first-order chi connectivity index (χ1) is 8.04. The molecule has 0 aliphatic rings. The predicted molar refractivity (Wildman–Crippen MR) is 78.3 cm³/mol. The molecule has 0 amide bonds. The monoisotopic (exact) mass is 363 g/mol. The van der Waals surface area contributed by atoms with Crippen molar-refractivity contribution in [2.24, 2.45) is 0 Å². The van der Waals surface area contributed by atoms with Crippen LogP contribution >= 0.6 is 22.6 Å². The van der Waals surface area contributed by atoms with Crippen molar-refractivity contribution in [1.82, 2.24) is 4.31 Å². The zero-order valence-corrected chi connectivity index (χ0v) is 12.3. The SMILES string of the molecule is C=CCN(CC=C)S(=O)(=O)c1ccccc1I. The Morgan fingerprint density at radius 3 is 2.18 bits per heavy atom. The normalized spacial score (nSPS) is 11.4. The molecule has 1 aromatic carbocycles. The van der Waals surface area contributed by atoms with Crippen LogP contribution in [0.5, 0.6) is 0 Å². The molecule has 0 aliphatic heterocycles. The Morgan fingerprint density at radius 2 is 1.71 bits per heavy atom. The van der Waals surface area contributed by atoms with Gasteiger partial charge in [-0.3, -0.25) is 0 Å². The molecular formula is C12H14INO2S. The van der Waals surface area contributed by atoms with Crippen molar-refractivity contribution in [2.75, 3.05) is 13.1 Å². The summed E-state index contributed by atoms with van der Waals surface area (Å²) < 4.78 is 26.8. The summed E-state index contributed by atoms with van der Waals surface area (Å²) >= 11 is 2.02. The topological polar surface area (TPSA) is 37.4 Å². The summed E-state index contributed by atoms with van der Waals surface area (Å²) in [6.07, 6.45) is 3.13. The highest BCUT2D eigenvalue weighted by atomic mass is 127. The van der Waals surface area contributed by atoms with E-state index in [1.54, 1.807) is 30.4 Å². The van der Waals surface area contributed by atoms with Gasteiger partial charge in [-0.15, -0.1) is 13.2 Å². The Hall–Kier alpha value is -0.660. The molecule has 3 nitrogen and oxygen atoms in total. The van der Waals surface area contributed by atoms with E-state index in [1.807, 2.05) is 28.7 Å². The van der Waals surface area contributed by atoms with Crippen LogP contribution in [0.15, 0.2) is 54.5 Å². The quantitative estimate of drug-likeness (QED) is 0.576. The van der Waals surface area contributed by atoms with Crippen molar-refractivity contribution in [1.29, 1.82) is 0 Å². The molecule has 0 spiro atoms. The minimum Gasteiger partial charge on any atom is -0.207 e. The van der Waals surface area contributed by atoms with Gasteiger partial charge in [0.15, 0.2) is 0 Å². The van der Waals surface area contributed by atoms with Gasteiger partial charge in [0.25, 0.3) is 0 Å². The van der Waals surface area contributed by atoms with Crippen LogP contribution in [0.4, 0.5) is 0 Å². The van der Waals surface area contributed by atoms with E-state index in [9.17, 15) is 8.42 Å². The fourth-order valence-corrected chi connectivity index (χ4v) is 4.02. The molecule has 0 saturated heterocycles. The van der Waals surface area contributed by atoms with Gasteiger partial charge >= 0.3 is 0 Å². The first-order valence-corrected chi connectivity index (χ1v) is 7.52. The molecule has 92 valence electrons. The standard InChI is InChI=1S/C12H14INO2S/c1-3-9-14(10-4-2)17(15,16)12-8-6-5-7-11(12)13/h3-8H,1-2,9-10H2. The Bertz CT molecular complexity index is 501. The molecule has 0 unspecified atom stereocenters. The predicted octanol–water partition coefficient (Wildman–Crippen LogP) is 2.65. The van der Waals surface area contributed by atoms with Crippen LogP contribution in [0.1, 0.15) is 0 Å². The van der Waals surface area contributed by atoms with Crippen molar-refractivity contribution >= 4 is 32.6 Å². The number of sulfonamides is 1. The molecule has 0 saturated carbocycles. The maximum atomic E-state index is 12.4. The second-order valence-electron chi connectivity index (χ2n) is 3.33. The molecule has 0 fully saturated rings. The van der Waals surface area contributed by atoms with Crippen molar-refractivity contribution in [3.63, 3.8) is 0 Å². The number of nitrogens with zero attached hydrogens (tertiary/aromatic N) is 1. The van der Waals surface area contributed by atoms with E-state index in [1.165, 1.54) is 4.31 Å². The highest BCUT2D eigenvalue weighted by molar-refractivity contribution is 14.1. The van der Waals surface area contributed by atoms with E-state index in [2.05, 4.69) is 13.2 Å². The zero-order chi connectivity index (χ0) is 12.9. The van der Waals surface area contributed by atoms with Crippen LogP contribution in [0.25, 0.3) is 0 Å². The molecule has 0 N–H and O–H groups in total. The molecule has 0 radical (unpaired) electrons. The largest absolute Gasteiger partial charge is 0.244 e. The molecule has 0 heterocycles. The van der Waals surface area contributed by atoms with Gasteiger partial charge in [0.1, 0.15) is 0 Å². The lowest BCUT2D eigenvalue weighted by molar-refractivity contribution is 0.474. The van der Waals surface area contributed by atoms with Gasteiger partial charge in [0.05, 0.1) is 4.90 Å². The Labute approximate surface area is 116 Å². The van der Waals surface area contributed by atoms with Crippen LogP contribution < -0.4 is 0 Å². The maximum absolute atomic E-state index is 12.4. The second-order valence-corrected chi connectivity index (χ2v) is 6.40. The summed E-state index contributed by atoms with van der Waals surface area (Å²) in [6.45, 7) is 7.69. The number of halogens is 1. The van der Waals surface area contributed by atoms with E-state index in [4.69, 9.17) is 0 Å². The third-order valence-corrected chi connectivity index (χ3v) is 5.32. The number of benzene rings is 1. The molecule has 1 rings (SSSR count). The summed E-state index contributed by atoms with van der Waals surface area (Å²) in [7, 11) is -3.47. The fraction of sp³-hybridized carbons (Fsp3) is 0.167. The molecule has 0 atom stereocenters. The van der Waals surface area contributed by atoms with Crippen molar-refractivity contribution in [3.8, 4) is 0 Å². The van der Waals surface area contributed by atoms with Crippen LogP contribution in [-0.4, -0.2) is 25.8 Å². The lowest BCUT2D eigenvalue weighted by atomic mass is 10.4. The van der Waals surface area contributed by atoms with Gasteiger partial charge in [-0.1, -0.05) is 24.3 Å². The van der Waals surface area contributed by atoms with Gasteiger partial charge < -0.3 is 0 Å². The van der Waals surface area contributed by atoms with Gasteiger partial charge in [-0.25, -0.2) is 8.42 Å². The first kappa shape index (κ1) is 14.4. The van der Waals surface area contributed by atoms with E-state index in [0.717, 1.165) is 0 Å². The molecule has 0 aromatic heterocycles. The molecule has 5 heteroatoms. The van der Waals surface area contributed by atoms with Gasteiger partial charge in [0.2, 0.25) is 10.0 Å². The molecule has 1 aromatic rings. The first-order valence-electron chi connectivity index (χ1n) is 5.00. The van der Waals surface area contributed by atoms with E-state index < -0.39 is 10.0 Å². The minimum atomic E-state index is -3.47. The summed E-state index contributed by atoms with van der Waals surface area (Å²) in [5, 5.41) is 0. The maximum Gasteiger partial charge on any atom is 0.244 e. The molecule has 0 aliphatic carbocycles. The van der Waals surface area contributed by atoms with Crippen LogP contribution in [0, 0.1) is 3.57 Å². The summed E-state index contributed by atoms with van der Waals surface area (Å²) in [4.78, 5) is 0.323. The molecule has 0 bridgehead atoms. The van der Waals surface area contributed by atoms with Crippen molar-refractivity contribution < 1.29 is 8.42 Å². The lowest BCUT2D eigenvalue weighted by Crippen LogP contribution is -2.31. The Morgan fingerprint density at radius 1 is 1.18 bits per heavy atom. The Balaban J connectivity index is 3.20. The van der Waals surface area contributed by atoms with Crippen LogP contribution in [0.2, 0.25) is 0 Å². The smallest absolute Gasteiger partial charge is 0.207 e. The fourth-order valence-electron chi connectivity index (χ4n) is 1.35. The number of hydrogen-bond donors (Lipinski definition) is 0. The zero-order valence-electron chi connectivity index (χ0n) is 9.34.